The molecule has 4 aromatic rings. The van der Waals surface area contributed by atoms with Crippen LogP contribution in [0, 0.1) is 5.82 Å². The van der Waals surface area contributed by atoms with Gasteiger partial charge >= 0.3 is 0 Å². The third-order valence-electron chi connectivity index (χ3n) is 5.08. The highest BCUT2D eigenvalue weighted by molar-refractivity contribution is 9.10. The zero-order valence-corrected chi connectivity index (χ0v) is 18.3. The number of halogens is 2. The van der Waals surface area contributed by atoms with Gasteiger partial charge in [-0.3, -0.25) is 4.79 Å². The van der Waals surface area contributed by atoms with Crippen molar-refractivity contribution in [3.05, 3.63) is 99.9 Å². The van der Waals surface area contributed by atoms with Crippen LogP contribution in [0.2, 0.25) is 0 Å². The Kier molecular flexibility index (Phi) is 6.67. The van der Waals surface area contributed by atoms with Gasteiger partial charge < -0.3 is 14.5 Å². The van der Waals surface area contributed by atoms with Crippen molar-refractivity contribution in [3.63, 3.8) is 0 Å². The Bertz CT molecular complexity index is 1160. The summed E-state index contributed by atoms with van der Waals surface area (Å²) in [6.45, 7) is 0.953. The molecule has 0 fully saturated rings. The predicted octanol–water partition coefficient (Wildman–Crippen LogP) is 5.98. The van der Waals surface area contributed by atoms with E-state index in [4.69, 9.17) is 9.47 Å². The highest BCUT2D eigenvalue weighted by Crippen LogP contribution is 2.32. The van der Waals surface area contributed by atoms with E-state index in [1.807, 2.05) is 48.5 Å². The van der Waals surface area contributed by atoms with Gasteiger partial charge in [-0.25, -0.2) is 4.39 Å². The first-order valence-corrected chi connectivity index (χ1v) is 10.7. The molecule has 0 aliphatic rings. The fraction of sp³-hybridized carbons (Fsp3) is 0.160. The molecule has 6 heteroatoms. The molecule has 31 heavy (non-hydrogen) atoms. The molecule has 0 saturated carbocycles. The Balaban J connectivity index is 1.50. The van der Waals surface area contributed by atoms with Crippen LogP contribution in [0.25, 0.3) is 10.9 Å². The van der Waals surface area contributed by atoms with Crippen LogP contribution in [0.15, 0.2) is 77.3 Å². The molecule has 0 amide bonds. The molecule has 1 atom stereocenters. The van der Waals surface area contributed by atoms with Crippen molar-refractivity contribution in [1.82, 2.24) is 4.98 Å². The van der Waals surface area contributed by atoms with E-state index in [-0.39, 0.29) is 11.9 Å². The van der Waals surface area contributed by atoms with Crippen molar-refractivity contribution in [2.45, 2.75) is 25.6 Å². The van der Waals surface area contributed by atoms with Crippen LogP contribution in [0.3, 0.4) is 0 Å². The Hall–Kier alpha value is -3.12. The van der Waals surface area contributed by atoms with Crippen molar-refractivity contribution >= 4 is 33.3 Å². The summed E-state index contributed by atoms with van der Waals surface area (Å²) in [5.74, 6) is 0.481. The number of hydrogen-bond donors (Lipinski definition) is 1. The Labute approximate surface area is 188 Å². The van der Waals surface area contributed by atoms with Crippen LogP contribution in [0.1, 0.15) is 16.8 Å². The topological polar surface area (TPSA) is 51.3 Å². The van der Waals surface area contributed by atoms with E-state index in [0.29, 0.717) is 25.9 Å². The highest BCUT2D eigenvalue weighted by atomic mass is 79.9. The molecule has 0 spiro atoms. The first kappa shape index (κ1) is 21.1. The number of rotatable bonds is 9. The number of hydrogen-bond acceptors (Lipinski definition) is 3. The summed E-state index contributed by atoms with van der Waals surface area (Å²) in [6, 6.07) is 22.1. The van der Waals surface area contributed by atoms with Crippen molar-refractivity contribution in [3.8, 4) is 5.75 Å². The van der Waals surface area contributed by atoms with E-state index < -0.39 is 0 Å². The number of aromatic nitrogens is 1. The molecule has 0 bridgehead atoms. The quantitative estimate of drug-likeness (QED) is 0.299. The number of carbonyl (C=O) groups is 1. The fourth-order valence-electron chi connectivity index (χ4n) is 3.52. The first-order chi connectivity index (χ1) is 15.1. The molecule has 0 aliphatic heterocycles. The van der Waals surface area contributed by atoms with Gasteiger partial charge in [0.15, 0.2) is 0 Å². The van der Waals surface area contributed by atoms with Crippen molar-refractivity contribution in [2.75, 3.05) is 0 Å². The Morgan fingerprint density at radius 3 is 2.48 bits per heavy atom. The third kappa shape index (κ3) is 5.33. The van der Waals surface area contributed by atoms with Gasteiger partial charge in [0.2, 0.25) is 0 Å². The van der Waals surface area contributed by atoms with E-state index in [1.165, 1.54) is 12.1 Å². The second kappa shape index (κ2) is 9.79. The minimum absolute atomic E-state index is 0.291. The molecule has 4 rings (SSSR count). The van der Waals surface area contributed by atoms with Gasteiger partial charge in [-0.05, 0) is 57.4 Å². The first-order valence-electron chi connectivity index (χ1n) is 9.93. The smallest absolute Gasteiger partial charge is 0.293 e. The molecule has 3 aromatic carbocycles. The minimum Gasteiger partial charge on any atom is -0.489 e. The van der Waals surface area contributed by atoms with Gasteiger partial charge in [-0.1, -0.05) is 42.5 Å². The SMILES string of the molecule is O=COC(Cc1ccc(F)cc1)Cc1[nH]c2ccc(OCc3ccccc3)cc2c1Br. The lowest BCUT2D eigenvalue weighted by atomic mass is 10.0. The molecule has 1 aromatic heterocycles. The molecule has 0 radical (unpaired) electrons. The van der Waals surface area contributed by atoms with E-state index in [2.05, 4.69) is 20.9 Å². The normalized spacial score (nSPS) is 11.9. The average Bonchev–Trinajstić information content (AvgIpc) is 3.09. The van der Waals surface area contributed by atoms with E-state index in [1.54, 1.807) is 12.1 Å². The summed E-state index contributed by atoms with van der Waals surface area (Å²) in [5, 5.41) is 0.993. The molecule has 4 nitrogen and oxygen atoms in total. The van der Waals surface area contributed by atoms with Crippen LogP contribution in [-0.2, 0) is 29.0 Å². The molecule has 0 saturated heterocycles. The summed E-state index contributed by atoms with van der Waals surface area (Å²) in [5.41, 5.74) is 3.88. The van der Waals surface area contributed by atoms with Crippen molar-refractivity contribution in [2.24, 2.45) is 0 Å². The van der Waals surface area contributed by atoms with E-state index >= 15 is 0 Å². The average molecular weight is 482 g/mol. The predicted molar refractivity (Wildman–Crippen MR) is 122 cm³/mol. The standard InChI is InChI=1S/C25H21BrFNO3/c26-25-22-13-20(30-15-18-4-2-1-3-5-18)10-11-23(22)28-24(25)14-21(31-16-29)12-17-6-8-19(27)9-7-17/h1-11,13,16,21,28H,12,14-15H2. The summed E-state index contributed by atoms with van der Waals surface area (Å²) in [4.78, 5) is 14.4. The molecule has 0 aliphatic carbocycles. The molecule has 158 valence electrons. The van der Waals surface area contributed by atoms with Gasteiger partial charge in [0, 0.05) is 33.9 Å². The zero-order valence-electron chi connectivity index (χ0n) is 16.7. The van der Waals surface area contributed by atoms with Crippen LogP contribution >= 0.6 is 15.9 Å². The molecule has 1 N–H and O–H groups in total. The maximum Gasteiger partial charge on any atom is 0.293 e. The summed E-state index contributed by atoms with van der Waals surface area (Å²) < 4.78 is 25.3. The molecule has 1 heterocycles. The largest absolute Gasteiger partial charge is 0.489 e. The van der Waals surface area contributed by atoms with Gasteiger partial charge in [0.1, 0.15) is 24.3 Å². The van der Waals surface area contributed by atoms with Crippen LogP contribution in [0.5, 0.6) is 5.75 Å². The molecular formula is C25H21BrFNO3. The van der Waals surface area contributed by atoms with Gasteiger partial charge in [-0.15, -0.1) is 0 Å². The number of fused-ring (bicyclic) bond motifs is 1. The lowest BCUT2D eigenvalue weighted by molar-refractivity contribution is -0.133. The van der Waals surface area contributed by atoms with Crippen molar-refractivity contribution in [1.29, 1.82) is 0 Å². The zero-order chi connectivity index (χ0) is 21.6. The summed E-state index contributed by atoms with van der Waals surface area (Å²) in [7, 11) is 0. The third-order valence-corrected chi connectivity index (χ3v) is 5.99. The van der Waals surface area contributed by atoms with Crippen LogP contribution < -0.4 is 4.74 Å². The highest BCUT2D eigenvalue weighted by Gasteiger charge is 2.17. The minimum atomic E-state index is -0.374. The van der Waals surface area contributed by atoms with E-state index in [9.17, 15) is 9.18 Å². The van der Waals surface area contributed by atoms with Crippen molar-refractivity contribution < 1.29 is 18.7 Å². The number of carbonyl (C=O) groups excluding carboxylic acids is 1. The number of aromatic amines is 1. The Morgan fingerprint density at radius 1 is 0.968 bits per heavy atom. The molecule has 1 unspecified atom stereocenters. The number of ether oxygens (including phenoxy) is 2. The van der Waals surface area contributed by atoms with Gasteiger partial charge in [0.05, 0.1) is 0 Å². The number of nitrogens with one attached hydrogen (secondary N) is 1. The fourth-order valence-corrected chi connectivity index (χ4v) is 4.11. The maximum atomic E-state index is 13.2. The number of benzene rings is 3. The monoisotopic (exact) mass is 481 g/mol. The number of H-pyrrole nitrogens is 1. The lowest BCUT2D eigenvalue weighted by Gasteiger charge is -2.15. The van der Waals surface area contributed by atoms with Crippen LogP contribution in [0.4, 0.5) is 4.39 Å². The maximum absolute atomic E-state index is 13.2. The van der Waals surface area contributed by atoms with Crippen LogP contribution in [-0.4, -0.2) is 17.6 Å². The Morgan fingerprint density at radius 2 is 1.74 bits per heavy atom. The molecular weight excluding hydrogens is 461 g/mol. The van der Waals surface area contributed by atoms with E-state index in [0.717, 1.165) is 37.9 Å². The second-order valence-corrected chi connectivity index (χ2v) is 8.08. The van der Waals surface area contributed by atoms with Gasteiger partial charge in [0.25, 0.3) is 6.47 Å². The lowest BCUT2D eigenvalue weighted by Crippen LogP contribution is -2.19. The summed E-state index contributed by atoms with van der Waals surface area (Å²) in [6.07, 6.45) is 0.610. The van der Waals surface area contributed by atoms with Gasteiger partial charge in [-0.2, -0.15) is 0 Å². The summed E-state index contributed by atoms with van der Waals surface area (Å²) >= 11 is 3.68. The second-order valence-electron chi connectivity index (χ2n) is 7.29.